The predicted octanol–water partition coefficient (Wildman–Crippen LogP) is 1.44. The number of anilines is 1. The summed E-state index contributed by atoms with van der Waals surface area (Å²) in [6.07, 6.45) is 3.23. The fourth-order valence-electron chi connectivity index (χ4n) is 1.94. The van der Waals surface area contributed by atoms with Crippen molar-refractivity contribution >= 4 is 11.6 Å². The lowest BCUT2D eigenvalue weighted by Gasteiger charge is -2.18. The van der Waals surface area contributed by atoms with Gasteiger partial charge < -0.3 is 11.1 Å². The Morgan fingerprint density at radius 3 is 2.35 bits per heavy atom. The molecule has 0 bridgehead atoms. The molecule has 0 spiro atoms. The number of nitrogens with zero attached hydrogens (tertiary/aromatic N) is 3. The molecule has 0 saturated carbocycles. The molecular formula is C14H19N5O. The van der Waals surface area contributed by atoms with E-state index in [0.717, 1.165) is 11.4 Å². The summed E-state index contributed by atoms with van der Waals surface area (Å²) in [4.78, 5) is 13.6. The van der Waals surface area contributed by atoms with Crippen LogP contribution in [-0.4, -0.2) is 27.4 Å². The zero-order valence-electron chi connectivity index (χ0n) is 11.7. The van der Waals surface area contributed by atoms with E-state index in [1.54, 1.807) is 12.4 Å². The molecule has 106 valence electrons. The molecule has 20 heavy (non-hydrogen) atoms. The molecule has 1 amide bonds. The van der Waals surface area contributed by atoms with Crippen LogP contribution >= 0.6 is 0 Å². The monoisotopic (exact) mass is 273 g/mol. The van der Waals surface area contributed by atoms with Crippen molar-refractivity contribution in [2.24, 2.45) is 17.6 Å². The molecule has 1 aromatic heterocycles. The Hall–Kier alpha value is -2.21. The first-order valence-corrected chi connectivity index (χ1v) is 6.59. The van der Waals surface area contributed by atoms with Gasteiger partial charge in [-0.1, -0.05) is 13.8 Å². The van der Waals surface area contributed by atoms with Gasteiger partial charge in [0.25, 0.3) is 0 Å². The maximum absolute atomic E-state index is 12.1. The highest BCUT2D eigenvalue weighted by Gasteiger charge is 2.20. The van der Waals surface area contributed by atoms with Crippen molar-refractivity contribution in [3.8, 4) is 5.69 Å². The minimum Gasteiger partial charge on any atom is -0.330 e. The predicted molar refractivity (Wildman–Crippen MR) is 77.4 cm³/mol. The van der Waals surface area contributed by atoms with Crippen molar-refractivity contribution < 1.29 is 4.79 Å². The third-order valence-corrected chi connectivity index (χ3v) is 3.18. The molecule has 1 atom stereocenters. The molecule has 0 aliphatic heterocycles. The number of nitrogens with one attached hydrogen (secondary N) is 1. The minimum atomic E-state index is -0.178. The largest absolute Gasteiger partial charge is 0.330 e. The van der Waals surface area contributed by atoms with Crippen LogP contribution in [0.15, 0.2) is 36.7 Å². The second-order valence-electron chi connectivity index (χ2n) is 4.94. The number of amides is 1. The summed E-state index contributed by atoms with van der Waals surface area (Å²) in [6, 6.07) is 7.35. The number of aromatic nitrogens is 3. The Balaban J connectivity index is 2.06. The number of hydrogen-bond donors (Lipinski definition) is 2. The smallest absolute Gasteiger partial charge is 0.229 e. The number of nitrogens with two attached hydrogens (primary N) is 1. The van der Waals surface area contributed by atoms with E-state index in [2.05, 4.69) is 15.5 Å². The van der Waals surface area contributed by atoms with Crippen LogP contribution in [0, 0.1) is 11.8 Å². The van der Waals surface area contributed by atoms with Gasteiger partial charge in [0.1, 0.15) is 0 Å². The zero-order chi connectivity index (χ0) is 14.5. The van der Waals surface area contributed by atoms with Crippen molar-refractivity contribution in [3.63, 3.8) is 0 Å². The number of benzene rings is 1. The zero-order valence-corrected chi connectivity index (χ0v) is 11.7. The van der Waals surface area contributed by atoms with Gasteiger partial charge in [-0.2, -0.15) is 15.0 Å². The third-order valence-electron chi connectivity index (χ3n) is 3.18. The van der Waals surface area contributed by atoms with Crippen LogP contribution in [0.5, 0.6) is 0 Å². The SMILES string of the molecule is CC(C)C(CN)C(=O)Nc1ccc(-n2nccn2)cc1. The summed E-state index contributed by atoms with van der Waals surface area (Å²) >= 11 is 0. The van der Waals surface area contributed by atoms with Gasteiger partial charge in [-0.25, -0.2) is 0 Å². The molecule has 0 aliphatic rings. The van der Waals surface area contributed by atoms with Gasteiger partial charge in [-0.3, -0.25) is 4.79 Å². The normalized spacial score (nSPS) is 12.4. The molecule has 2 aromatic rings. The van der Waals surface area contributed by atoms with Crippen LogP contribution in [0.25, 0.3) is 5.69 Å². The summed E-state index contributed by atoms with van der Waals surface area (Å²) in [5.74, 6) is -0.0116. The van der Waals surface area contributed by atoms with Crippen molar-refractivity contribution in [2.75, 3.05) is 11.9 Å². The number of hydrogen-bond acceptors (Lipinski definition) is 4. The average Bonchev–Trinajstić information content (AvgIpc) is 2.94. The van der Waals surface area contributed by atoms with E-state index in [0.29, 0.717) is 6.54 Å². The topological polar surface area (TPSA) is 85.8 Å². The fourth-order valence-corrected chi connectivity index (χ4v) is 1.94. The van der Waals surface area contributed by atoms with Crippen LogP contribution in [0.3, 0.4) is 0 Å². The standard InChI is InChI=1S/C14H19N5O/c1-10(2)13(9-15)14(20)18-11-3-5-12(6-4-11)19-16-7-8-17-19/h3-8,10,13H,9,15H2,1-2H3,(H,18,20). The Morgan fingerprint density at radius 1 is 1.25 bits per heavy atom. The fraction of sp³-hybridized carbons (Fsp3) is 0.357. The van der Waals surface area contributed by atoms with E-state index in [1.165, 1.54) is 4.80 Å². The highest BCUT2D eigenvalue weighted by molar-refractivity contribution is 5.92. The molecule has 2 rings (SSSR count). The highest BCUT2D eigenvalue weighted by atomic mass is 16.1. The molecule has 1 aromatic carbocycles. The van der Waals surface area contributed by atoms with Crippen molar-refractivity contribution in [1.82, 2.24) is 15.0 Å². The van der Waals surface area contributed by atoms with Gasteiger partial charge in [0.2, 0.25) is 5.91 Å². The molecule has 0 aliphatic carbocycles. The molecule has 6 nitrogen and oxygen atoms in total. The number of rotatable bonds is 5. The molecule has 0 fully saturated rings. The lowest BCUT2D eigenvalue weighted by Crippen LogP contribution is -2.33. The molecule has 3 N–H and O–H groups in total. The summed E-state index contributed by atoms with van der Waals surface area (Å²) in [5.41, 5.74) is 7.22. The first-order valence-electron chi connectivity index (χ1n) is 6.59. The summed E-state index contributed by atoms with van der Waals surface area (Å²) in [6.45, 7) is 4.33. The van der Waals surface area contributed by atoms with E-state index in [1.807, 2.05) is 38.1 Å². The van der Waals surface area contributed by atoms with Gasteiger partial charge in [-0.05, 0) is 30.2 Å². The molecular weight excluding hydrogens is 254 g/mol. The third kappa shape index (κ3) is 3.21. The highest BCUT2D eigenvalue weighted by Crippen LogP contribution is 2.15. The van der Waals surface area contributed by atoms with Gasteiger partial charge in [0.05, 0.1) is 24.0 Å². The number of carbonyl (C=O) groups excluding carboxylic acids is 1. The van der Waals surface area contributed by atoms with E-state index in [9.17, 15) is 4.79 Å². The lowest BCUT2D eigenvalue weighted by molar-refractivity contribution is -0.120. The average molecular weight is 273 g/mol. The Morgan fingerprint density at radius 2 is 1.85 bits per heavy atom. The molecule has 6 heteroatoms. The van der Waals surface area contributed by atoms with Gasteiger partial charge in [-0.15, -0.1) is 0 Å². The van der Waals surface area contributed by atoms with E-state index in [4.69, 9.17) is 5.73 Å². The number of carbonyl (C=O) groups is 1. The Bertz CT molecular complexity index is 547. The van der Waals surface area contributed by atoms with E-state index in [-0.39, 0.29) is 17.7 Å². The lowest BCUT2D eigenvalue weighted by atomic mass is 9.95. The van der Waals surface area contributed by atoms with Crippen molar-refractivity contribution in [3.05, 3.63) is 36.7 Å². The second-order valence-corrected chi connectivity index (χ2v) is 4.94. The van der Waals surface area contributed by atoms with E-state index >= 15 is 0 Å². The van der Waals surface area contributed by atoms with Gasteiger partial charge >= 0.3 is 0 Å². The first-order chi connectivity index (χ1) is 9.61. The maximum Gasteiger partial charge on any atom is 0.229 e. The molecule has 0 radical (unpaired) electrons. The second kappa shape index (κ2) is 6.29. The van der Waals surface area contributed by atoms with Gasteiger partial charge in [0, 0.05) is 12.2 Å². The van der Waals surface area contributed by atoms with Crippen molar-refractivity contribution in [1.29, 1.82) is 0 Å². The maximum atomic E-state index is 12.1. The first kappa shape index (κ1) is 14.2. The summed E-state index contributed by atoms with van der Waals surface area (Å²) < 4.78 is 0. The summed E-state index contributed by atoms with van der Waals surface area (Å²) in [7, 11) is 0. The Kier molecular flexibility index (Phi) is 4.47. The van der Waals surface area contributed by atoms with Crippen molar-refractivity contribution in [2.45, 2.75) is 13.8 Å². The van der Waals surface area contributed by atoms with Crippen LogP contribution in [-0.2, 0) is 4.79 Å². The summed E-state index contributed by atoms with van der Waals surface area (Å²) in [5, 5.41) is 11.0. The quantitative estimate of drug-likeness (QED) is 0.863. The van der Waals surface area contributed by atoms with Crippen LogP contribution in [0.4, 0.5) is 5.69 Å². The molecule has 1 unspecified atom stereocenters. The minimum absolute atomic E-state index is 0.0486. The van der Waals surface area contributed by atoms with Gasteiger partial charge in [0.15, 0.2) is 0 Å². The van der Waals surface area contributed by atoms with Crippen LogP contribution in [0.2, 0.25) is 0 Å². The van der Waals surface area contributed by atoms with Crippen LogP contribution < -0.4 is 11.1 Å². The molecule has 1 heterocycles. The molecule has 0 saturated heterocycles. The van der Waals surface area contributed by atoms with Crippen LogP contribution in [0.1, 0.15) is 13.8 Å². The van der Waals surface area contributed by atoms with E-state index < -0.39 is 0 Å². The Labute approximate surface area is 118 Å².